The zero-order valence-electron chi connectivity index (χ0n) is 14.7. The van der Waals surface area contributed by atoms with Crippen molar-refractivity contribution < 1.29 is 19.1 Å². The number of carbonyl (C=O) groups excluding carboxylic acids is 2. The topological polar surface area (TPSA) is 106 Å². The first-order chi connectivity index (χ1) is 12.1. The average Bonchev–Trinajstić information content (AvgIpc) is 2.63. The van der Waals surface area contributed by atoms with E-state index in [2.05, 4.69) is 20.8 Å². The van der Waals surface area contributed by atoms with Crippen molar-refractivity contribution in [3.8, 4) is 0 Å². The number of carbonyl (C=O) groups is 2. The Morgan fingerprint density at radius 3 is 2.64 bits per heavy atom. The number of ether oxygens (including phenoxy) is 2. The number of amides is 2. The van der Waals surface area contributed by atoms with Crippen LogP contribution >= 0.6 is 0 Å². The number of rotatable bonds is 7. The number of aromatic nitrogens is 2. The maximum absolute atomic E-state index is 11.8. The van der Waals surface area contributed by atoms with Crippen molar-refractivity contribution in [2.75, 3.05) is 45.3 Å². The maximum Gasteiger partial charge on any atom is 0.409 e. The summed E-state index contributed by atoms with van der Waals surface area (Å²) in [7, 11) is 1.57. The van der Waals surface area contributed by atoms with Crippen molar-refractivity contribution in [3.63, 3.8) is 0 Å². The summed E-state index contributed by atoms with van der Waals surface area (Å²) in [5, 5.41) is 14.0. The molecule has 0 saturated carbocycles. The maximum atomic E-state index is 11.8. The second-order valence-corrected chi connectivity index (χ2v) is 5.66. The quantitative estimate of drug-likeness (QED) is 0.703. The molecule has 0 spiro atoms. The zero-order valence-corrected chi connectivity index (χ0v) is 14.7. The van der Waals surface area contributed by atoms with Crippen LogP contribution in [0.25, 0.3) is 0 Å². The third kappa shape index (κ3) is 5.86. The molecule has 2 heterocycles. The molecule has 1 aromatic rings. The van der Waals surface area contributed by atoms with Crippen molar-refractivity contribution in [1.82, 2.24) is 20.4 Å². The molecule has 2 N–H and O–H groups in total. The van der Waals surface area contributed by atoms with Crippen LogP contribution in [-0.2, 0) is 9.47 Å². The van der Waals surface area contributed by atoms with Crippen LogP contribution in [0.5, 0.6) is 0 Å². The Bertz CT molecular complexity index is 558. The molecule has 2 amide bonds. The summed E-state index contributed by atoms with van der Waals surface area (Å²) < 4.78 is 9.88. The molecule has 0 bridgehead atoms. The van der Waals surface area contributed by atoms with Crippen molar-refractivity contribution in [2.45, 2.75) is 25.8 Å². The summed E-state index contributed by atoms with van der Waals surface area (Å²) in [5.41, 5.74) is 0.263. The smallest absolute Gasteiger partial charge is 0.409 e. The van der Waals surface area contributed by atoms with Gasteiger partial charge >= 0.3 is 6.09 Å². The van der Waals surface area contributed by atoms with Gasteiger partial charge in [0.05, 0.1) is 13.2 Å². The van der Waals surface area contributed by atoms with Crippen LogP contribution in [0.4, 0.5) is 10.6 Å². The lowest BCUT2D eigenvalue weighted by atomic mass is 10.1. The fourth-order valence-electron chi connectivity index (χ4n) is 2.52. The molecular formula is C16H25N5O4. The van der Waals surface area contributed by atoms with Crippen molar-refractivity contribution in [1.29, 1.82) is 0 Å². The van der Waals surface area contributed by atoms with E-state index in [4.69, 9.17) is 9.47 Å². The molecule has 1 aliphatic heterocycles. The molecule has 1 aliphatic rings. The van der Waals surface area contributed by atoms with Gasteiger partial charge in [0.2, 0.25) is 0 Å². The van der Waals surface area contributed by atoms with Crippen molar-refractivity contribution >= 4 is 17.8 Å². The summed E-state index contributed by atoms with van der Waals surface area (Å²) >= 11 is 0. The number of nitrogens with zero attached hydrogens (tertiary/aromatic N) is 3. The second kappa shape index (κ2) is 9.77. The first-order valence-electron chi connectivity index (χ1n) is 8.43. The number of hydrogen-bond acceptors (Lipinski definition) is 7. The van der Waals surface area contributed by atoms with E-state index in [0.29, 0.717) is 38.7 Å². The Morgan fingerprint density at radius 1 is 1.28 bits per heavy atom. The van der Waals surface area contributed by atoms with Gasteiger partial charge in [-0.2, -0.15) is 0 Å². The predicted molar refractivity (Wildman–Crippen MR) is 91.5 cm³/mol. The van der Waals surface area contributed by atoms with Gasteiger partial charge in [-0.1, -0.05) is 0 Å². The molecule has 25 heavy (non-hydrogen) atoms. The summed E-state index contributed by atoms with van der Waals surface area (Å²) in [6, 6.07) is 3.57. The van der Waals surface area contributed by atoms with E-state index < -0.39 is 0 Å². The molecule has 0 aliphatic carbocycles. The van der Waals surface area contributed by atoms with Crippen LogP contribution < -0.4 is 10.6 Å². The highest BCUT2D eigenvalue weighted by Gasteiger charge is 2.23. The van der Waals surface area contributed by atoms with Gasteiger partial charge in [0, 0.05) is 32.8 Å². The minimum atomic E-state index is -0.279. The molecule has 0 aromatic carbocycles. The van der Waals surface area contributed by atoms with Gasteiger partial charge in [0.25, 0.3) is 5.91 Å². The average molecular weight is 351 g/mol. The largest absolute Gasteiger partial charge is 0.450 e. The number of piperidine rings is 1. The SMILES string of the molecule is CCOC(=O)N1CCC(Nc2ccc(C(=O)NCCOC)nn2)CC1. The van der Waals surface area contributed by atoms with Gasteiger partial charge in [-0.25, -0.2) is 4.79 Å². The number of hydrogen-bond donors (Lipinski definition) is 2. The monoisotopic (exact) mass is 351 g/mol. The molecule has 0 unspecified atom stereocenters. The molecular weight excluding hydrogens is 326 g/mol. The zero-order chi connectivity index (χ0) is 18.1. The lowest BCUT2D eigenvalue weighted by molar-refractivity contribution is 0.0930. The van der Waals surface area contributed by atoms with Crippen LogP contribution in [0.15, 0.2) is 12.1 Å². The highest BCUT2D eigenvalue weighted by atomic mass is 16.6. The first-order valence-corrected chi connectivity index (χ1v) is 8.43. The predicted octanol–water partition coefficient (Wildman–Crippen LogP) is 0.886. The lowest BCUT2D eigenvalue weighted by Crippen LogP contribution is -2.42. The molecule has 2 rings (SSSR count). The molecule has 1 saturated heterocycles. The minimum absolute atomic E-state index is 0.210. The summed E-state index contributed by atoms with van der Waals surface area (Å²) in [5.74, 6) is 0.335. The highest BCUT2D eigenvalue weighted by Crippen LogP contribution is 2.15. The number of anilines is 1. The van der Waals surface area contributed by atoms with Gasteiger partial charge in [-0.05, 0) is 31.9 Å². The van der Waals surface area contributed by atoms with Gasteiger partial charge < -0.3 is 25.0 Å². The standard InChI is InChI=1S/C16H25N5O4/c1-3-25-16(23)21-9-6-12(7-10-21)18-14-5-4-13(19-20-14)15(22)17-8-11-24-2/h4-5,12H,3,6-11H2,1-2H3,(H,17,22)(H,18,20). The van der Waals surface area contributed by atoms with Crippen molar-refractivity contribution in [3.05, 3.63) is 17.8 Å². The second-order valence-electron chi connectivity index (χ2n) is 5.66. The van der Waals surface area contributed by atoms with Crippen molar-refractivity contribution in [2.24, 2.45) is 0 Å². The van der Waals surface area contributed by atoms with E-state index >= 15 is 0 Å². The third-order valence-corrected chi connectivity index (χ3v) is 3.86. The van der Waals surface area contributed by atoms with Gasteiger partial charge in [0.1, 0.15) is 5.82 Å². The molecule has 9 heteroatoms. The third-order valence-electron chi connectivity index (χ3n) is 3.86. The number of nitrogens with one attached hydrogen (secondary N) is 2. The Hall–Kier alpha value is -2.42. The molecule has 9 nitrogen and oxygen atoms in total. The summed E-state index contributed by atoms with van der Waals surface area (Å²) in [4.78, 5) is 25.2. The van der Waals surface area contributed by atoms with Crippen LogP contribution in [-0.4, -0.2) is 73.1 Å². The Labute approximate surface area is 147 Å². The number of likely N-dealkylation sites (tertiary alicyclic amines) is 1. The number of methoxy groups -OCH3 is 1. The molecule has 0 atom stereocenters. The van der Waals surface area contributed by atoms with E-state index in [9.17, 15) is 9.59 Å². The molecule has 1 fully saturated rings. The molecule has 1 aromatic heterocycles. The van der Waals surface area contributed by atoms with Crippen LogP contribution in [0.1, 0.15) is 30.3 Å². The normalized spacial score (nSPS) is 14.9. The van der Waals surface area contributed by atoms with Crippen LogP contribution in [0.2, 0.25) is 0 Å². The Balaban J connectivity index is 1.78. The molecule has 138 valence electrons. The van der Waals surface area contributed by atoms with Crippen LogP contribution in [0.3, 0.4) is 0 Å². The van der Waals surface area contributed by atoms with E-state index in [1.54, 1.807) is 31.1 Å². The van der Waals surface area contributed by atoms with E-state index in [1.165, 1.54) is 0 Å². The Kier molecular flexibility index (Phi) is 7.39. The summed E-state index contributed by atoms with van der Waals surface area (Å²) in [6.45, 7) is 4.34. The van der Waals surface area contributed by atoms with E-state index in [-0.39, 0.29) is 23.7 Å². The summed E-state index contributed by atoms with van der Waals surface area (Å²) in [6.07, 6.45) is 1.35. The van der Waals surface area contributed by atoms with Gasteiger partial charge in [-0.15, -0.1) is 10.2 Å². The van der Waals surface area contributed by atoms with E-state index in [0.717, 1.165) is 12.8 Å². The fourth-order valence-corrected chi connectivity index (χ4v) is 2.52. The van der Waals surface area contributed by atoms with Crippen LogP contribution in [0, 0.1) is 0 Å². The van der Waals surface area contributed by atoms with E-state index in [1.807, 2.05) is 0 Å². The highest BCUT2D eigenvalue weighted by molar-refractivity contribution is 5.92. The lowest BCUT2D eigenvalue weighted by Gasteiger charge is -2.31. The van der Waals surface area contributed by atoms with Gasteiger partial charge in [0.15, 0.2) is 5.69 Å². The molecule has 0 radical (unpaired) electrons. The Morgan fingerprint density at radius 2 is 2.04 bits per heavy atom. The first kappa shape index (κ1) is 18.9. The fraction of sp³-hybridized carbons (Fsp3) is 0.625. The minimum Gasteiger partial charge on any atom is -0.450 e. The van der Waals surface area contributed by atoms with Gasteiger partial charge in [-0.3, -0.25) is 4.79 Å².